The molecule has 0 heterocycles. The minimum absolute atomic E-state index is 0.0226. The lowest BCUT2D eigenvalue weighted by Crippen LogP contribution is -2.30. The smallest absolute Gasteiger partial charge is 0.171 e. The van der Waals surface area contributed by atoms with Gasteiger partial charge in [0.1, 0.15) is 10.8 Å². The Kier molecular flexibility index (Phi) is 2.91. The van der Waals surface area contributed by atoms with Crippen LogP contribution in [0.1, 0.15) is 36.7 Å². The summed E-state index contributed by atoms with van der Waals surface area (Å²) in [7, 11) is 0. The second-order valence-electron chi connectivity index (χ2n) is 5.14. The number of fused-ring (bicyclic) bond motifs is 1. The number of halogens is 2. The Labute approximate surface area is 111 Å². The number of Topliss-reactive ketones (excluding diaryl/α,β-unsaturated/α-hetero) is 1. The number of carbonyl (C=O) groups is 1. The fourth-order valence-corrected chi connectivity index (χ4v) is 2.73. The van der Waals surface area contributed by atoms with Crippen LogP contribution in [0.3, 0.4) is 0 Å². The van der Waals surface area contributed by atoms with E-state index >= 15 is 0 Å². The summed E-state index contributed by atoms with van der Waals surface area (Å²) in [5.74, 6) is 0.171. The lowest BCUT2D eigenvalue weighted by atomic mass is 9.76. The van der Waals surface area contributed by atoms with Crippen LogP contribution in [0.25, 0.3) is 0 Å². The fourth-order valence-electron chi connectivity index (χ4n) is 2.28. The highest BCUT2D eigenvalue weighted by molar-refractivity contribution is 6.45. The van der Waals surface area contributed by atoms with Gasteiger partial charge in [0.15, 0.2) is 5.78 Å². The Morgan fingerprint density at radius 2 is 1.94 bits per heavy atom. The highest BCUT2D eigenvalue weighted by Gasteiger charge is 2.45. The number of benzene rings is 1. The molecule has 0 fully saturated rings. The predicted molar refractivity (Wildman–Crippen MR) is 69.1 cm³/mol. The molecule has 0 saturated carbocycles. The molecular formula is C13H14Cl2O2. The van der Waals surface area contributed by atoms with E-state index in [4.69, 9.17) is 23.2 Å². The molecule has 0 saturated heterocycles. The zero-order valence-corrected chi connectivity index (χ0v) is 11.5. The van der Waals surface area contributed by atoms with E-state index in [1.54, 1.807) is 6.07 Å². The van der Waals surface area contributed by atoms with E-state index in [1.807, 2.05) is 20.8 Å². The molecule has 1 aliphatic carbocycles. The Balaban J connectivity index is 2.65. The number of phenolic OH excluding ortho intramolecular Hbond substituents is 1. The van der Waals surface area contributed by atoms with Crippen LogP contribution in [0.5, 0.6) is 5.75 Å². The highest BCUT2D eigenvalue weighted by atomic mass is 35.5. The molecule has 2 nitrogen and oxygen atoms in total. The molecule has 92 valence electrons. The SMILES string of the molecule is CC(C)C1(C)Cc2cc(O)c(Cl)c(Cl)c2C1=O. The molecular weight excluding hydrogens is 259 g/mol. The number of rotatable bonds is 1. The largest absolute Gasteiger partial charge is 0.506 e. The van der Waals surface area contributed by atoms with Crippen LogP contribution in [0.15, 0.2) is 6.07 Å². The second-order valence-corrected chi connectivity index (χ2v) is 5.89. The quantitative estimate of drug-likeness (QED) is 0.836. The van der Waals surface area contributed by atoms with Crippen molar-refractivity contribution >= 4 is 29.0 Å². The summed E-state index contributed by atoms with van der Waals surface area (Å²) in [5, 5.41) is 9.87. The lowest BCUT2D eigenvalue weighted by Gasteiger charge is -2.26. The summed E-state index contributed by atoms with van der Waals surface area (Å²) in [4.78, 5) is 12.4. The van der Waals surface area contributed by atoms with E-state index in [0.29, 0.717) is 12.0 Å². The first kappa shape index (κ1) is 12.7. The third-order valence-corrected chi connectivity index (χ3v) is 4.70. The normalized spacial score (nSPS) is 23.3. The molecule has 1 N–H and O–H groups in total. The monoisotopic (exact) mass is 272 g/mol. The maximum atomic E-state index is 12.4. The summed E-state index contributed by atoms with van der Waals surface area (Å²) < 4.78 is 0. The fraction of sp³-hybridized carbons (Fsp3) is 0.462. The van der Waals surface area contributed by atoms with Gasteiger partial charge in [-0.2, -0.15) is 0 Å². The van der Waals surface area contributed by atoms with Crippen molar-refractivity contribution in [2.24, 2.45) is 11.3 Å². The zero-order chi connectivity index (χ0) is 13.0. The van der Waals surface area contributed by atoms with Crippen LogP contribution < -0.4 is 0 Å². The van der Waals surface area contributed by atoms with Crippen molar-refractivity contribution < 1.29 is 9.90 Å². The van der Waals surface area contributed by atoms with E-state index < -0.39 is 5.41 Å². The molecule has 0 spiro atoms. The van der Waals surface area contributed by atoms with Crippen LogP contribution in [0, 0.1) is 11.3 Å². The number of ketones is 1. The van der Waals surface area contributed by atoms with Crippen molar-refractivity contribution in [1.29, 1.82) is 0 Å². The van der Waals surface area contributed by atoms with Crippen molar-refractivity contribution in [3.8, 4) is 5.75 Å². The Morgan fingerprint density at radius 3 is 2.47 bits per heavy atom. The van der Waals surface area contributed by atoms with Gasteiger partial charge >= 0.3 is 0 Å². The molecule has 0 aliphatic heterocycles. The number of hydrogen-bond acceptors (Lipinski definition) is 2. The molecule has 1 atom stereocenters. The van der Waals surface area contributed by atoms with Gasteiger partial charge in [-0.25, -0.2) is 0 Å². The number of phenols is 1. The molecule has 0 amide bonds. The summed E-state index contributed by atoms with van der Waals surface area (Å²) in [6.45, 7) is 5.96. The molecule has 1 unspecified atom stereocenters. The first-order chi connectivity index (χ1) is 7.79. The van der Waals surface area contributed by atoms with E-state index in [9.17, 15) is 9.90 Å². The lowest BCUT2D eigenvalue weighted by molar-refractivity contribution is 0.0772. The number of hydrogen-bond donors (Lipinski definition) is 1. The topological polar surface area (TPSA) is 37.3 Å². The second kappa shape index (κ2) is 3.89. The molecule has 1 aliphatic rings. The first-order valence-corrected chi connectivity index (χ1v) is 6.29. The summed E-state index contributed by atoms with van der Waals surface area (Å²) in [6.07, 6.45) is 0.600. The zero-order valence-electron chi connectivity index (χ0n) is 9.97. The summed E-state index contributed by atoms with van der Waals surface area (Å²) in [6, 6.07) is 1.55. The maximum absolute atomic E-state index is 12.4. The van der Waals surface area contributed by atoms with Crippen LogP contribution >= 0.6 is 23.2 Å². The van der Waals surface area contributed by atoms with Gasteiger partial charge in [-0.3, -0.25) is 4.79 Å². The van der Waals surface area contributed by atoms with Crippen molar-refractivity contribution in [2.45, 2.75) is 27.2 Å². The van der Waals surface area contributed by atoms with Crippen LogP contribution in [0.2, 0.25) is 10.0 Å². The van der Waals surface area contributed by atoms with Gasteiger partial charge in [0, 0.05) is 11.0 Å². The average Bonchev–Trinajstić information content (AvgIpc) is 2.49. The molecule has 0 bridgehead atoms. The Bertz CT molecular complexity index is 509. The third-order valence-electron chi connectivity index (χ3n) is 3.85. The minimum Gasteiger partial charge on any atom is -0.506 e. The number of carbonyl (C=O) groups excluding carboxylic acids is 1. The molecule has 4 heteroatoms. The van der Waals surface area contributed by atoms with Crippen molar-refractivity contribution in [3.05, 3.63) is 27.2 Å². The van der Waals surface area contributed by atoms with Crippen molar-refractivity contribution in [3.63, 3.8) is 0 Å². The summed E-state index contributed by atoms with van der Waals surface area (Å²) in [5.41, 5.74) is 0.812. The van der Waals surface area contributed by atoms with Crippen LogP contribution in [0.4, 0.5) is 0 Å². The van der Waals surface area contributed by atoms with Crippen LogP contribution in [-0.2, 0) is 6.42 Å². The molecule has 0 radical (unpaired) electrons. The van der Waals surface area contributed by atoms with E-state index in [0.717, 1.165) is 5.56 Å². The Morgan fingerprint density at radius 1 is 1.35 bits per heavy atom. The number of aromatic hydroxyl groups is 1. The van der Waals surface area contributed by atoms with E-state index in [2.05, 4.69) is 0 Å². The summed E-state index contributed by atoms with van der Waals surface area (Å²) >= 11 is 11.9. The van der Waals surface area contributed by atoms with Gasteiger partial charge in [-0.15, -0.1) is 0 Å². The molecule has 2 rings (SSSR count). The van der Waals surface area contributed by atoms with Gasteiger partial charge < -0.3 is 5.11 Å². The van der Waals surface area contributed by atoms with Gasteiger partial charge in [0.05, 0.1) is 5.02 Å². The van der Waals surface area contributed by atoms with Crippen LogP contribution in [-0.4, -0.2) is 10.9 Å². The van der Waals surface area contributed by atoms with Gasteiger partial charge in [-0.05, 0) is 24.0 Å². The highest BCUT2D eigenvalue weighted by Crippen LogP contribution is 2.48. The minimum atomic E-state index is -0.455. The van der Waals surface area contributed by atoms with E-state index in [-0.39, 0.29) is 27.5 Å². The molecule has 1 aromatic rings. The average molecular weight is 273 g/mol. The van der Waals surface area contributed by atoms with Crippen molar-refractivity contribution in [2.75, 3.05) is 0 Å². The first-order valence-electron chi connectivity index (χ1n) is 5.53. The van der Waals surface area contributed by atoms with E-state index in [1.165, 1.54) is 0 Å². The third kappa shape index (κ3) is 1.66. The predicted octanol–water partition coefficient (Wildman–Crippen LogP) is 4.10. The van der Waals surface area contributed by atoms with Gasteiger partial charge in [0.25, 0.3) is 0 Å². The van der Waals surface area contributed by atoms with Gasteiger partial charge in [-0.1, -0.05) is 44.0 Å². The Hall–Kier alpha value is -0.730. The molecule has 0 aromatic heterocycles. The molecule has 1 aromatic carbocycles. The standard InChI is InChI=1S/C13H14Cl2O2/c1-6(2)13(3)5-7-4-8(16)10(14)11(15)9(7)12(13)17/h4,6,16H,5H2,1-3H3. The van der Waals surface area contributed by atoms with Crippen molar-refractivity contribution in [1.82, 2.24) is 0 Å². The maximum Gasteiger partial charge on any atom is 0.171 e. The van der Waals surface area contributed by atoms with Gasteiger partial charge in [0.2, 0.25) is 0 Å². The molecule has 17 heavy (non-hydrogen) atoms.